The number of aryl methyl sites for hydroxylation is 1. The lowest BCUT2D eigenvalue weighted by Gasteiger charge is -2.00. The molecule has 0 unspecified atom stereocenters. The van der Waals surface area contributed by atoms with E-state index in [9.17, 15) is 8.42 Å². The van der Waals surface area contributed by atoms with E-state index in [1.807, 2.05) is 19.3 Å². The maximum Gasteiger partial charge on any atom is 0.175 e. The van der Waals surface area contributed by atoms with E-state index in [2.05, 4.69) is 5.10 Å². The molecule has 84 valence electrons. The predicted octanol–water partition coefficient (Wildman–Crippen LogP) is 1.49. The summed E-state index contributed by atoms with van der Waals surface area (Å²) < 4.78 is 24.2. The lowest BCUT2D eigenvalue weighted by Crippen LogP contribution is -1.96. The van der Waals surface area contributed by atoms with Gasteiger partial charge in [0.2, 0.25) is 0 Å². The monoisotopic (exact) mass is 236 g/mol. The standard InChI is InChI=1S/C11H12N2O2S/c1-13-8-7-11(12-13)9-3-5-10(6-4-9)16(2,14)15/h3-8H,1-2H3. The molecule has 0 saturated carbocycles. The summed E-state index contributed by atoms with van der Waals surface area (Å²) in [7, 11) is -1.28. The average molecular weight is 236 g/mol. The van der Waals surface area contributed by atoms with Gasteiger partial charge in [-0.05, 0) is 18.2 Å². The van der Waals surface area contributed by atoms with Crippen molar-refractivity contribution < 1.29 is 8.42 Å². The molecule has 0 aliphatic heterocycles. The lowest BCUT2D eigenvalue weighted by molar-refractivity contribution is 0.602. The average Bonchev–Trinajstić information content (AvgIpc) is 2.64. The third kappa shape index (κ3) is 2.14. The third-order valence-corrected chi connectivity index (χ3v) is 3.42. The Hall–Kier alpha value is -1.62. The van der Waals surface area contributed by atoms with Crippen molar-refractivity contribution in [3.05, 3.63) is 36.5 Å². The Balaban J connectivity index is 2.40. The van der Waals surface area contributed by atoms with Crippen LogP contribution in [0.25, 0.3) is 11.3 Å². The van der Waals surface area contributed by atoms with Gasteiger partial charge >= 0.3 is 0 Å². The number of hydrogen-bond donors (Lipinski definition) is 0. The molecule has 0 aliphatic rings. The van der Waals surface area contributed by atoms with E-state index < -0.39 is 9.84 Å². The van der Waals surface area contributed by atoms with E-state index in [0.29, 0.717) is 4.90 Å². The van der Waals surface area contributed by atoms with Crippen molar-refractivity contribution in [1.29, 1.82) is 0 Å². The molecule has 4 nitrogen and oxygen atoms in total. The molecule has 0 spiro atoms. The quantitative estimate of drug-likeness (QED) is 0.793. The fraction of sp³-hybridized carbons (Fsp3) is 0.182. The predicted molar refractivity (Wildman–Crippen MR) is 61.8 cm³/mol. The number of aromatic nitrogens is 2. The van der Waals surface area contributed by atoms with E-state index in [1.54, 1.807) is 28.9 Å². The SMILES string of the molecule is Cn1ccc(-c2ccc(S(C)(=O)=O)cc2)n1. The van der Waals surface area contributed by atoms with Crippen LogP contribution in [-0.2, 0) is 16.9 Å². The summed E-state index contributed by atoms with van der Waals surface area (Å²) in [4.78, 5) is 0.326. The van der Waals surface area contributed by atoms with Gasteiger partial charge in [-0.15, -0.1) is 0 Å². The largest absolute Gasteiger partial charge is 0.275 e. The highest BCUT2D eigenvalue weighted by Gasteiger charge is 2.07. The van der Waals surface area contributed by atoms with Crippen molar-refractivity contribution in [2.75, 3.05) is 6.26 Å². The van der Waals surface area contributed by atoms with E-state index >= 15 is 0 Å². The molecule has 0 fully saturated rings. The minimum atomic E-state index is -3.12. The van der Waals surface area contributed by atoms with Crippen molar-refractivity contribution in [1.82, 2.24) is 9.78 Å². The van der Waals surface area contributed by atoms with Gasteiger partial charge in [0, 0.05) is 25.1 Å². The zero-order valence-electron chi connectivity index (χ0n) is 9.08. The lowest BCUT2D eigenvalue weighted by atomic mass is 10.2. The molecule has 0 atom stereocenters. The van der Waals surface area contributed by atoms with Crippen LogP contribution in [-0.4, -0.2) is 24.5 Å². The first-order valence-electron chi connectivity index (χ1n) is 4.77. The smallest absolute Gasteiger partial charge is 0.175 e. The molecule has 5 heteroatoms. The number of nitrogens with zero attached hydrogens (tertiary/aromatic N) is 2. The maximum atomic E-state index is 11.3. The Bertz CT molecular complexity index is 597. The van der Waals surface area contributed by atoms with Gasteiger partial charge < -0.3 is 0 Å². The fourth-order valence-corrected chi connectivity index (χ4v) is 2.07. The van der Waals surface area contributed by atoms with Gasteiger partial charge in [0.05, 0.1) is 10.6 Å². The van der Waals surface area contributed by atoms with Crippen LogP contribution in [0.2, 0.25) is 0 Å². The fourth-order valence-electron chi connectivity index (χ4n) is 1.44. The molecule has 1 aromatic heterocycles. The maximum absolute atomic E-state index is 11.3. The molecule has 0 amide bonds. The minimum Gasteiger partial charge on any atom is -0.275 e. The molecular formula is C11H12N2O2S. The molecule has 16 heavy (non-hydrogen) atoms. The third-order valence-electron chi connectivity index (χ3n) is 2.29. The normalized spacial score (nSPS) is 11.6. The molecule has 2 rings (SSSR count). The summed E-state index contributed by atoms with van der Waals surface area (Å²) in [6, 6.07) is 8.60. The minimum absolute atomic E-state index is 0.326. The van der Waals surface area contributed by atoms with Crippen LogP contribution in [0.1, 0.15) is 0 Å². The number of hydrogen-bond acceptors (Lipinski definition) is 3. The van der Waals surface area contributed by atoms with Crippen molar-refractivity contribution in [2.45, 2.75) is 4.90 Å². The van der Waals surface area contributed by atoms with Crippen LogP contribution in [0.4, 0.5) is 0 Å². The zero-order chi connectivity index (χ0) is 11.8. The molecule has 0 radical (unpaired) electrons. The summed E-state index contributed by atoms with van der Waals surface area (Å²) in [6.07, 6.45) is 3.04. The summed E-state index contributed by atoms with van der Waals surface area (Å²) in [5, 5.41) is 4.24. The zero-order valence-corrected chi connectivity index (χ0v) is 9.90. The van der Waals surface area contributed by atoms with Gasteiger partial charge in [-0.2, -0.15) is 5.10 Å². The Morgan fingerprint density at radius 3 is 2.19 bits per heavy atom. The van der Waals surface area contributed by atoms with Crippen LogP contribution < -0.4 is 0 Å². The van der Waals surface area contributed by atoms with E-state index in [0.717, 1.165) is 11.3 Å². The van der Waals surface area contributed by atoms with Crippen LogP contribution in [0, 0.1) is 0 Å². The Morgan fingerprint density at radius 1 is 1.12 bits per heavy atom. The topological polar surface area (TPSA) is 52.0 Å². The summed E-state index contributed by atoms with van der Waals surface area (Å²) in [5.74, 6) is 0. The highest BCUT2D eigenvalue weighted by atomic mass is 32.2. The molecule has 2 aromatic rings. The first-order chi connectivity index (χ1) is 7.47. The van der Waals surface area contributed by atoms with Crippen molar-refractivity contribution >= 4 is 9.84 Å². The number of benzene rings is 1. The first kappa shape index (κ1) is 10.9. The Kier molecular flexibility index (Phi) is 2.55. The van der Waals surface area contributed by atoms with Gasteiger partial charge in [0.1, 0.15) is 0 Å². The molecule has 1 aromatic carbocycles. The van der Waals surface area contributed by atoms with Crippen LogP contribution in [0.3, 0.4) is 0 Å². The van der Waals surface area contributed by atoms with E-state index in [1.165, 1.54) is 6.26 Å². The molecule has 0 aliphatic carbocycles. The second kappa shape index (κ2) is 3.75. The highest BCUT2D eigenvalue weighted by molar-refractivity contribution is 7.90. The van der Waals surface area contributed by atoms with Crippen molar-refractivity contribution in [3.8, 4) is 11.3 Å². The van der Waals surface area contributed by atoms with E-state index in [4.69, 9.17) is 0 Å². The van der Waals surface area contributed by atoms with Crippen LogP contribution >= 0.6 is 0 Å². The van der Waals surface area contributed by atoms with Gasteiger partial charge in [-0.1, -0.05) is 12.1 Å². The summed E-state index contributed by atoms with van der Waals surface area (Å²) >= 11 is 0. The first-order valence-corrected chi connectivity index (χ1v) is 6.66. The van der Waals surface area contributed by atoms with Gasteiger partial charge in [-0.25, -0.2) is 8.42 Å². The summed E-state index contributed by atoms with van der Waals surface area (Å²) in [6.45, 7) is 0. The van der Waals surface area contributed by atoms with Crippen LogP contribution in [0.15, 0.2) is 41.4 Å². The van der Waals surface area contributed by atoms with Crippen molar-refractivity contribution in [2.24, 2.45) is 7.05 Å². The summed E-state index contributed by atoms with van der Waals surface area (Å²) in [5.41, 5.74) is 1.75. The second-order valence-corrected chi connectivity index (χ2v) is 5.69. The molecule has 0 saturated heterocycles. The van der Waals surface area contributed by atoms with Crippen LogP contribution in [0.5, 0.6) is 0 Å². The molecule has 0 N–H and O–H groups in total. The Morgan fingerprint density at radius 2 is 1.75 bits per heavy atom. The van der Waals surface area contributed by atoms with Gasteiger partial charge in [0.25, 0.3) is 0 Å². The molecule has 1 heterocycles. The highest BCUT2D eigenvalue weighted by Crippen LogP contribution is 2.19. The van der Waals surface area contributed by atoms with Gasteiger partial charge in [-0.3, -0.25) is 4.68 Å². The number of sulfone groups is 1. The molecular weight excluding hydrogens is 224 g/mol. The number of rotatable bonds is 2. The van der Waals surface area contributed by atoms with Gasteiger partial charge in [0.15, 0.2) is 9.84 Å². The second-order valence-electron chi connectivity index (χ2n) is 3.67. The van der Waals surface area contributed by atoms with Crippen molar-refractivity contribution in [3.63, 3.8) is 0 Å². The molecule has 0 bridgehead atoms. The Labute approximate surface area is 94.5 Å². The van der Waals surface area contributed by atoms with E-state index in [-0.39, 0.29) is 0 Å².